The van der Waals surface area contributed by atoms with Crippen molar-refractivity contribution in [3.8, 4) is 17.1 Å². The third kappa shape index (κ3) is 1.88. The molecule has 2 N–H and O–H groups in total. The van der Waals surface area contributed by atoms with E-state index in [0.29, 0.717) is 5.92 Å². The van der Waals surface area contributed by atoms with Gasteiger partial charge in [-0.1, -0.05) is 12.1 Å². The molecule has 0 spiro atoms. The van der Waals surface area contributed by atoms with Gasteiger partial charge in [0, 0.05) is 30.6 Å². The molecule has 0 radical (unpaired) electrons. The number of aliphatic hydroxyl groups is 1. The minimum absolute atomic E-state index is 0.243. The highest BCUT2D eigenvalue weighted by atomic mass is 16.3. The fraction of sp³-hybridized carbons (Fsp3) is 0.357. The van der Waals surface area contributed by atoms with Gasteiger partial charge in [0.25, 0.3) is 0 Å². The quantitative estimate of drug-likeness (QED) is 0.847. The Balaban J connectivity index is 1.98. The number of hydrogen-bond acceptors (Lipinski definition) is 3. The molecular weight excluding hydrogens is 228 g/mol. The van der Waals surface area contributed by atoms with Crippen LogP contribution in [-0.4, -0.2) is 26.4 Å². The summed E-state index contributed by atoms with van der Waals surface area (Å²) in [5.74, 6) is 1.51. The van der Waals surface area contributed by atoms with Crippen molar-refractivity contribution in [1.29, 1.82) is 0 Å². The van der Waals surface area contributed by atoms with Crippen LogP contribution in [0, 0.1) is 5.92 Å². The Morgan fingerprint density at radius 1 is 1.39 bits per heavy atom. The average Bonchev–Trinajstić information content (AvgIpc) is 2.81. The Morgan fingerprint density at radius 2 is 2.28 bits per heavy atom. The summed E-state index contributed by atoms with van der Waals surface area (Å²) < 4.78 is 2.18. The van der Waals surface area contributed by atoms with Crippen LogP contribution in [-0.2, 0) is 13.0 Å². The molecule has 0 aliphatic carbocycles. The van der Waals surface area contributed by atoms with Gasteiger partial charge >= 0.3 is 0 Å². The molecule has 1 atom stereocenters. The Hall–Kier alpha value is -1.81. The Kier molecular flexibility index (Phi) is 2.80. The Bertz CT molecular complexity index is 563. The van der Waals surface area contributed by atoms with Crippen LogP contribution in [0.1, 0.15) is 12.1 Å². The van der Waals surface area contributed by atoms with Crippen molar-refractivity contribution >= 4 is 0 Å². The van der Waals surface area contributed by atoms with Gasteiger partial charge in [-0.15, -0.1) is 0 Å². The van der Waals surface area contributed by atoms with Gasteiger partial charge in [0.1, 0.15) is 11.6 Å². The van der Waals surface area contributed by atoms with E-state index >= 15 is 0 Å². The summed E-state index contributed by atoms with van der Waals surface area (Å²) in [6, 6.07) is 7.16. The number of rotatable bonds is 2. The largest absolute Gasteiger partial charge is 0.508 e. The number of imidazole rings is 1. The van der Waals surface area contributed by atoms with Crippen molar-refractivity contribution in [3.63, 3.8) is 0 Å². The van der Waals surface area contributed by atoms with Crippen LogP contribution in [0.25, 0.3) is 11.4 Å². The SMILES string of the molecule is OCC1CCn2c(cnc2-c2cccc(O)c2)C1. The molecule has 3 rings (SSSR count). The molecule has 4 nitrogen and oxygen atoms in total. The molecular formula is C14H16N2O2. The molecule has 0 saturated heterocycles. The van der Waals surface area contributed by atoms with Gasteiger partial charge in [-0.3, -0.25) is 0 Å². The number of phenolic OH excluding ortho intramolecular Hbond substituents is 1. The zero-order chi connectivity index (χ0) is 12.5. The summed E-state index contributed by atoms with van der Waals surface area (Å²) in [7, 11) is 0. The van der Waals surface area contributed by atoms with Crippen LogP contribution in [0.3, 0.4) is 0 Å². The molecule has 94 valence electrons. The first kappa shape index (κ1) is 11.3. The number of benzene rings is 1. The van der Waals surface area contributed by atoms with E-state index in [1.165, 1.54) is 5.69 Å². The van der Waals surface area contributed by atoms with Gasteiger partial charge < -0.3 is 14.8 Å². The monoisotopic (exact) mass is 244 g/mol. The molecule has 1 aliphatic rings. The van der Waals surface area contributed by atoms with E-state index in [4.69, 9.17) is 0 Å². The molecule has 1 unspecified atom stereocenters. The zero-order valence-corrected chi connectivity index (χ0v) is 10.1. The highest BCUT2D eigenvalue weighted by molar-refractivity contribution is 5.58. The smallest absolute Gasteiger partial charge is 0.140 e. The molecule has 2 aromatic rings. The lowest BCUT2D eigenvalue weighted by Crippen LogP contribution is -2.21. The van der Waals surface area contributed by atoms with E-state index in [2.05, 4.69) is 9.55 Å². The maximum absolute atomic E-state index is 9.53. The molecule has 18 heavy (non-hydrogen) atoms. The fourth-order valence-corrected chi connectivity index (χ4v) is 2.56. The van der Waals surface area contributed by atoms with Crippen molar-refractivity contribution in [1.82, 2.24) is 9.55 Å². The van der Waals surface area contributed by atoms with Crippen molar-refractivity contribution < 1.29 is 10.2 Å². The van der Waals surface area contributed by atoms with Crippen LogP contribution < -0.4 is 0 Å². The first-order chi connectivity index (χ1) is 8.78. The van der Waals surface area contributed by atoms with Crippen molar-refractivity contribution in [3.05, 3.63) is 36.2 Å². The van der Waals surface area contributed by atoms with Crippen LogP contribution in [0.5, 0.6) is 5.75 Å². The lowest BCUT2D eigenvalue weighted by Gasteiger charge is -2.23. The van der Waals surface area contributed by atoms with Gasteiger partial charge in [-0.25, -0.2) is 4.98 Å². The van der Waals surface area contributed by atoms with Crippen molar-refractivity contribution in [2.24, 2.45) is 5.92 Å². The Labute approximate surface area is 106 Å². The molecule has 1 aliphatic heterocycles. The second-order valence-electron chi connectivity index (χ2n) is 4.82. The van der Waals surface area contributed by atoms with Crippen molar-refractivity contribution in [2.45, 2.75) is 19.4 Å². The highest BCUT2D eigenvalue weighted by Gasteiger charge is 2.21. The number of nitrogens with zero attached hydrogens (tertiary/aromatic N) is 2. The molecule has 0 saturated carbocycles. The molecule has 2 heterocycles. The summed E-state index contributed by atoms with van der Waals surface area (Å²) in [6.45, 7) is 1.12. The summed E-state index contributed by atoms with van der Waals surface area (Å²) in [4.78, 5) is 4.45. The van der Waals surface area contributed by atoms with E-state index in [9.17, 15) is 10.2 Å². The van der Waals surface area contributed by atoms with Crippen molar-refractivity contribution in [2.75, 3.05) is 6.61 Å². The van der Waals surface area contributed by atoms with Crippen LogP contribution in [0.2, 0.25) is 0 Å². The third-order valence-electron chi connectivity index (χ3n) is 3.56. The van der Waals surface area contributed by atoms with Crippen LogP contribution in [0.15, 0.2) is 30.5 Å². The lowest BCUT2D eigenvalue weighted by molar-refractivity contribution is 0.201. The van der Waals surface area contributed by atoms with Crippen LogP contribution in [0.4, 0.5) is 0 Å². The van der Waals surface area contributed by atoms with E-state index in [-0.39, 0.29) is 12.4 Å². The van der Waals surface area contributed by atoms with E-state index in [1.54, 1.807) is 12.1 Å². The van der Waals surface area contributed by atoms with Gasteiger partial charge in [0.15, 0.2) is 0 Å². The maximum atomic E-state index is 9.53. The number of aliphatic hydroxyl groups excluding tert-OH is 1. The van der Waals surface area contributed by atoms with Gasteiger partial charge in [-0.05, 0) is 30.9 Å². The van der Waals surface area contributed by atoms with Gasteiger partial charge in [0.05, 0.1) is 0 Å². The number of fused-ring (bicyclic) bond motifs is 1. The molecule has 0 fully saturated rings. The predicted octanol–water partition coefficient (Wildman–Crippen LogP) is 1.81. The number of aromatic hydroxyl groups is 1. The topological polar surface area (TPSA) is 58.3 Å². The predicted molar refractivity (Wildman–Crippen MR) is 68.2 cm³/mol. The zero-order valence-electron chi connectivity index (χ0n) is 10.1. The lowest BCUT2D eigenvalue weighted by atomic mass is 9.97. The summed E-state index contributed by atoms with van der Waals surface area (Å²) in [5.41, 5.74) is 2.10. The molecule has 1 aromatic carbocycles. The van der Waals surface area contributed by atoms with E-state index in [0.717, 1.165) is 30.8 Å². The van der Waals surface area contributed by atoms with Gasteiger partial charge in [-0.2, -0.15) is 0 Å². The minimum atomic E-state index is 0.243. The van der Waals surface area contributed by atoms with Gasteiger partial charge in [0.2, 0.25) is 0 Å². The molecule has 4 heteroatoms. The minimum Gasteiger partial charge on any atom is -0.508 e. The average molecular weight is 244 g/mol. The first-order valence-corrected chi connectivity index (χ1v) is 6.22. The number of hydrogen-bond donors (Lipinski definition) is 2. The molecule has 0 bridgehead atoms. The highest BCUT2D eigenvalue weighted by Crippen LogP contribution is 2.28. The third-order valence-corrected chi connectivity index (χ3v) is 3.56. The maximum Gasteiger partial charge on any atom is 0.140 e. The summed E-state index contributed by atoms with van der Waals surface area (Å²) >= 11 is 0. The number of phenols is 1. The number of aromatic nitrogens is 2. The standard InChI is InChI=1S/C14H16N2O2/c17-9-10-4-5-16-12(6-10)8-15-14(16)11-2-1-3-13(18)7-11/h1-3,7-8,10,17-18H,4-6,9H2. The van der Waals surface area contributed by atoms with E-state index in [1.807, 2.05) is 18.3 Å². The first-order valence-electron chi connectivity index (χ1n) is 6.22. The normalized spacial score (nSPS) is 18.6. The second-order valence-corrected chi connectivity index (χ2v) is 4.82. The van der Waals surface area contributed by atoms with Crippen LogP contribution >= 0.6 is 0 Å². The summed E-state index contributed by atoms with van der Waals surface area (Å²) in [5, 5.41) is 18.7. The molecule has 1 aromatic heterocycles. The Morgan fingerprint density at radius 3 is 3.06 bits per heavy atom. The molecule has 0 amide bonds. The fourth-order valence-electron chi connectivity index (χ4n) is 2.56. The van der Waals surface area contributed by atoms with E-state index < -0.39 is 0 Å². The second kappa shape index (κ2) is 4.46. The summed E-state index contributed by atoms with van der Waals surface area (Å²) in [6.07, 6.45) is 3.73.